The van der Waals surface area contributed by atoms with E-state index in [4.69, 9.17) is 10.00 Å². The van der Waals surface area contributed by atoms with Crippen LogP contribution in [0.4, 0.5) is 0 Å². The van der Waals surface area contributed by atoms with Gasteiger partial charge < -0.3 is 9.84 Å². The summed E-state index contributed by atoms with van der Waals surface area (Å²) >= 11 is 0. The molecule has 1 heterocycles. The summed E-state index contributed by atoms with van der Waals surface area (Å²) in [6, 6.07) is 7.35. The number of rotatable bonds is 2. The van der Waals surface area contributed by atoms with Crippen molar-refractivity contribution in [2.45, 2.75) is 11.0 Å². The molecule has 96 valence electrons. The van der Waals surface area contributed by atoms with E-state index in [0.717, 1.165) is 0 Å². The number of hydrogen-bond acceptors (Lipinski definition) is 5. The monoisotopic (exact) mass is 268 g/mol. The first-order valence-electron chi connectivity index (χ1n) is 5.34. The van der Waals surface area contributed by atoms with Gasteiger partial charge in [-0.05, 0) is 18.2 Å². The molecule has 0 spiro atoms. The molecule has 1 N–H and O–H groups in total. The molecule has 2 rings (SSSR count). The van der Waals surface area contributed by atoms with Gasteiger partial charge in [0.2, 0.25) is 10.0 Å². The average molecular weight is 268 g/mol. The fourth-order valence-electron chi connectivity index (χ4n) is 1.72. The van der Waals surface area contributed by atoms with E-state index in [9.17, 15) is 13.5 Å². The number of ether oxygens (including phenoxy) is 1. The smallest absolute Gasteiger partial charge is 0.243 e. The third kappa shape index (κ3) is 2.46. The molecule has 1 aliphatic heterocycles. The lowest BCUT2D eigenvalue weighted by Gasteiger charge is -2.28. The van der Waals surface area contributed by atoms with Crippen LogP contribution in [0.1, 0.15) is 0 Å². The molecule has 1 atom stereocenters. The van der Waals surface area contributed by atoms with Crippen LogP contribution in [-0.2, 0) is 14.8 Å². The minimum absolute atomic E-state index is 0.00842. The second-order valence-corrected chi connectivity index (χ2v) is 5.79. The summed E-state index contributed by atoms with van der Waals surface area (Å²) in [5.74, 6) is -0.110. The SMILES string of the molecule is N#CC1CN(S(=O)(=O)c2cccc(O)c2)CCO1. The zero-order chi connectivity index (χ0) is 13.2. The van der Waals surface area contributed by atoms with E-state index in [1.165, 1.54) is 28.6 Å². The van der Waals surface area contributed by atoms with Crippen LogP contribution in [-0.4, -0.2) is 43.6 Å². The molecule has 0 aliphatic carbocycles. The third-order valence-corrected chi connectivity index (χ3v) is 4.49. The van der Waals surface area contributed by atoms with E-state index < -0.39 is 16.1 Å². The second-order valence-electron chi connectivity index (χ2n) is 3.85. The Hall–Kier alpha value is -1.62. The van der Waals surface area contributed by atoms with Gasteiger partial charge in [-0.3, -0.25) is 0 Å². The molecular formula is C11H12N2O4S. The Labute approximate surface area is 105 Å². The molecule has 18 heavy (non-hydrogen) atoms. The summed E-state index contributed by atoms with van der Waals surface area (Å²) in [5.41, 5.74) is 0. The van der Waals surface area contributed by atoms with Crippen LogP contribution in [0.25, 0.3) is 0 Å². The molecule has 1 aromatic rings. The Kier molecular flexibility index (Phi) is 3.52. The summed E-state index contributed by atoms with van der Waals surface area (Å²) in [6.07, 6.45) is -0.745. The highest BCUT2D eigenvalue weighted by atomic mass is 32.2. The number of nitrogens with zero attached hydrogens (tertiary/aromatic N) is 2. The zero-order valence-electron chi connectivity index (χ0n) is 9.48. The summed E-state index contributed by atoms with van der Waals surface area (Å²) in [5, 5.41) is 18.1. The normalized spacial score (nSPS) is 21.4. The lowest BCUT2D eigenvalue weighted by Crippen LogP contribution is -2.44. The van der Waals surface area contributed by atoms with Crippen LogP contribution < -0.4 is 0 Å². The molecule has 0 amide bonds. The minimum atomic E-state index is -3.69. The lowest BCUT2D eigenvalue weighted by molar-refractivity contribution is 0.0311. The molecule has 6 nitrogen and oxygen atoms in total. The Morgan fingerprint density at radius 2 is 2.28 bits per heavy atom. The molecule has 1 unspecified atom stereocenters. The van der Waals surface area contributed by atoms with Crippen LogP contribution >= 0.6 is 0 Å². The lowest BCUT2D eigenvalue weighted by atomic mass is 10.3. The molecular weight excluding hydrogens is 256 g/mol. The van der Waals surface area contributed by atoms with Gasteiger partial charge in [0.25, 0.3) is 0 Å². The predicted molar refractivity (Wildman–Crippen MR) is 62.2 cm³/mol. The maximum absolute atomic E-state index is 12.3. The molecule has 0 radical (unpaired) electrons. The number of sulfonamides is 1. The van der Waals surface area contributed by atoms with E-state index >= 15 is 0 Å². The number of phenolic OH excluding ortho intramolecular Hbond substituents is 1. The van der Waals surface area contributed by atoms with Crippen molar-refractivity contribution < 1.29 is 18.3 Å². The van der Waals surface area contributed by atoms with Crippen molar-refractivity contribution in [2.24, 2.45) is 0 Å². The Morgan fingerprint density at radius 3 is 2.94 bits per heavy atom. The first-order chi connectivity index (χ1) is 8.54. The van der Waals surface area contributed by atoms with Crippen molar-refractivity contribution in [1.29, 1.82) is 5.26 Å². The van der Waals surface area contributed by atoms with Crippen LogP contribution in [0.2, 0.25) is 0 Å². The van der Waals surface area contributed by atoms with Gasteiger partial charge in [-0.25, -0.2) is 8.42 Å². The molecule has 1 fully saturated rings. The van der Waals surface area contributed by atoms with Gasteiger partial charge >= 0.3 is 0 Å². The van der Waals surface area contributed by atoms with Crippen molar-refractivity contribution in [3.63, 3.8) is 0 Å². The van der Waals surface area contributed by atoms with Crippen molar-refractivity contribution in [2.75, 3.05) is 19.7 Å². The average Bonchev–Trinajstić information content (AvgIpc) is 2.39. The first-order valence-corrected chi connectivity index (χ1v) is 6.78. The van der Waals surface area contributed by atoms with Crippen molar-refractivity contribution >= 4 is 10.0 Å². The minimum Gasteiger partial charge on any atom is -0.508 e. The molecule has 7 heteroatoms. The van der Waals surface area contributed by atoms with Gasteiger partial charge in [0.15, 0.2) is 6.10 Å². The molecule has 1 aromatic carbocycles. The van der Waals surface area contributed by atoms with E-state index in [1.807, 2.05) is 6.07 Å². The fourth-order valence-corrected chi connectivity index (χ4v) is 3.18. The van der Waals surface area contributed by atoms with Crippen molar-refractivity contribution in [1.82, 2.24) is 4.31 Å². The molecule has 0 aromatic heterocycles. The highest BCUT2D eigenvalue weighted by Gasteiger charge is 2.30. The Balaban J connectivity index is 2.29. The van der Waals surface area contributed by atoms with Gasteiger partial charge in [0.05, 0.1) is 24.1 Å². The molecule has 0 saturated carbocycles. The number of aromatic hydroxyl groups is 1. The summed E-state index contributed by atoms with van der Waals surface area (Å²) in [7, 11) is -3.69. The maximum Gasteiger partial charge on any atom is 0.243 e. The van der Waals surface area contributed by atoms with E-state index in [1.54, 1.807) is 0 Å². The van der Waals surface area contributed by atoms with E-state index in [2.05, 4.69) is 0 Å². The largest absolute Gasteiger partial charge is 0.508 e. The zero-order valence-corrected chi connectivity index (χ0v) is 10.3. The first kappa shape index (κ1) is 12.8. The van der Waals surface area contributed by atoms with Gasteiger partial charge in [0, 0.05) is 6.54 Å². The number of phenols is 1. The predicted octanol–water partition coefficient (Wildman–Crippen LogP) is 0.305. The standard InChI is InChI=1S/C11H12N2O4S/c12-7-10-8-13(4-5-17-10)18(15,16)11-3-1-2-9(14)6-11/h1-3,6,10,14H,4-5,8H2. The topological polar surface area (TPSA) is 90.6 Å². The Bertz CT molecular complexity index is 579. The van der Waals surface area contributed by atoms with Gasteiger partial charge in [-0.2, -0.15) is 9.57 Å². The van der Waals surface area contributed by atoms with Crippen LogP contribution in [0.3, 0.4) is 0 Å². The van der Waals surface area contributed by atoms with E-state index in [0.29, 0.717) is 0 Å². The Morgan fingerprint density at radius 1 is 1.50 bits per heavy atom. The highest BCUT2D eigenvalue weighted by Crippen LogP contribution is 2.21. The van der Waals surface area contributed by atoms with Crippen LogP contribution in [0, 0.1) is 11.3 Å². The summed E-state index contributed by atoms with van der Waals surface area (Å²) < 4.78 is 30.8. The summed E-state index contributed by atoms with van der Waals surface area (Å²) in [4.78, 5) is 0.0149. The number of morpholine rings is 1. The highest BCUT2D eigenvalue weighted by molar-refractivity contribution is 7.89. The van der Waals surface area contributed by atoms with Gasteiger partial charge in [0.1, 0.15) is 5.75 Å². The quantitative estimate of drug-likeness (QED) is 0.833. The molecule has 0 bridgehead atoms. The number of benzene rings is 1. The maximum atomic E-state index is 12.3. The number of hydrogen-bond donors (Lipinski definition) is 1. The summed E-state index contributed by atoms with van der Waals surface area (Å²) in [6.45, 7) is 0.404. The van der Waals surface area contributed by atoms with Gasteiger partial charge in [-0.15, -0.1) is 0 Å². The van der Waals surface area contributed by atoms with Crippen molar-refractivity contribution in [3.05, 3.63) is 24.3 Å². The van der Waals surface area contributed by atoms with Crippen LogP contribution in [0.5, 0.6) is 5.75 Å². The van der Waals surface area contributed by atoms with E-state index in [-0.39, 0.29) is 30.3 Å². The molecule has 1 saturated heterocycles. The molecule has 1 aliphatic rings. The van der Waals surface area contributed by atoms with Gasteiger partial charge in [-0.1, -0.05) is 6.07 Å². The van der Waals surface area contributed by atoms with Crippen molar-refractivity contribution in [3.8, 4) is 11.8 Å². The second kappa shape index (κ2) is 4.94. The number of nitriles is 1. The fraction of sp³-hybridized carbons (Fsp3) is 0.364. The van der Waals surface area contributed by atoms with Crippen LogP contribution in [0.15, 0.2) is 29.2 Å². The third-order valence-electron chi connectivity index (χ3n) is 2.63.